The molecule has 0 aromatic carbocycles. The van der Waals surface area contributed by atoms with Crippen LogP contribution in [0, 0.1) is 6.92 Å². The number of halogens is 1. The fourth-order valence-electron chi connectivity index (χ4n) is 2.60. The van der Waals surface area contributed by atoms with Gasteiger partial charge in [0.25, 0.3) is 0 Å². The number of nitrogens with one attached hydrogen (secondary N) is 2. The molecule has 3 nitrogen and oxygen atoms in total. The number of H-pyrrole nitrogens is 2. The van der Waals surface area contributed by atoms with Gasteiger partial charge >= 0.3 is 5.82 Å². The Kier molecular flexibility index (Phi) is 2.99. The standard InChI is InChI=1S/C14H12N2OS.ClH/c1-8-4-6-17-13(8)14-15-10-2-3-11-9(5-7-18-11)12(10)16-14;/h4-7H,2-3H2,1H3,(H,15,16);1H. The Bertz CT molecular complexity index is 725. The van der Waals surface area contributed by atoms with E-state index < -0.39 is 0 Å². The average Bonchev–Trinajstić information content (AvgIpc) is 3.04. The molecule has 0 fully saturated rings. The monoisotopic (exact) mass is 292 g/mol. The summed E-state index contributed by atoms with van der Waals surface area (Å²) in [5, 5.41) is 2.17. The van der Waals surface area contributed by atoms with E-state index in [0.29, 0.717) is 0 Å². The van der Waals surface area contributed by atoms with Gasteiger partial charge in [0, 0.05) is 22.4 Å². The van der Waals surface area contributed by atoms with Crippen LogP contribution >= 0.6 is 11.3 Å². The molecule has 0 saturated carbocycles. The van der Waals surface area contributed by atoms with Crippen molar-refractivity contribution in [1.29, 1.82) is 0 Å². The summed E-state index contributed by atoms with van der Waals surface area (Å²) < 4.78 is 5.54. The summed E-state index contributed by atoms with van der Waals surface area (Å²) in [6, 6.07) is 4.18. The number of aryl methyl sites for hydroxylation is 3. The molecule has 1 aliphatic rings. The molecule has 0 aliphatic heterocycles. The Morgan fingerprint density at radius 1 is 1.32 bits per heavy atom. The van der Waals surface area contributed by atoms with Crippen LogP contribution < -0.4 is 17.4 Å². The number of hydrogen-bond donors (Lipinski definition) is 1. The maximum absolute atomic E-state index is 5.54. The fourth-order valence-corrected chi connectivity index (χ4v) is 3.49. The third kappa shape index (κ3) is 1.83. The first-order valence-electron chi connectivity index (χ1n) is 6.08. The number of fused-ring (bicyclic) bond motifs is 3. The molecule has 0 radical (unpaired) electrons. The SMILES string of the molecule is Cc1ccoc1-c1[nH]c2c([nH+]1)-c1ccsc1CC2.[Cl-]. The molecule has 0 amide bonds. The van der Waals surface area contributed by atoms with E-state index in [1.807, 2.05) is 17.4 Å². The Morgan fingerprint density at radius 2 is 2.21 bits per heavy atom. The van der Waals surface area contributed by atoms with Crippen molar-refractivity contribution in [3.63, 3.8) is 0 Å². The highest BCUT2D eigenvalue weighted by Crippen LogP contribution is 2.34. The van der Waals surface area contributed by atoms with E-state index in [1.165, 1.54) is 21.8 Å². The predicted molar refractivity (Wildman–Crippen MR) is 70.5 cm³/mol. The molecule has 0 unspecified atom stereocenters. The molecule has 3 aromatic heterocycles. The Hall–Kier alpha value is -1.52. The molecular weight excluding hydrogens is 280 g/mol. The van der Waals surface area contributed by atoms with Gasteiger partial charge in [-0.25, -0.2) is 9.97 Å². The quantitative estimate of drug-likeness (QED) is 0.685. The smallest absolute Gasteiger partial charge is 0.321 e. The molecule has 0 atom stereocenters. The lowest BCUT2D eigenvalue weighted by molar-refractivity contribution is -0.350. The molecule has 0 saturated heterocycles. The summed E-state index contributed by atoms with van der Waals surface area (Å²) in [7, 11) is 0. The first kappa shape index (κ1) is 12.5. The van der Waals surface area contributed by atoms with Crippen LogP contribution in [0.3, 0.4) is 0 Å². The van der Waals surface area contributed by atoms with E-state index in [0.717, 1.165) is 30.0 Å². The molecule has 1 aliphatic carbocycles. The Labute approximate surface area is 121 Å². The first-order valence-corrected chi connectivity index (χ1v) is 6.96. The van der Waals surface area contributed by atoms with Crippen LogP contribution in [0.1, 0.15) is 16.1 Å². The second-order valence-corrected chi connectivity index (χ2v) is 5.67. The molecule has 0 spiro atoms. The maximum Gasteiger partial charge on any atom is 0.321 e. The van der Waals surface area contributed by atoms with Crippen LogP contribution in [0.25, 0.3) is 22.8 Å². The highest BCUT2D eigenvalue weighted by molar-refractivity contribution is 7.10. The number of rotatable bonds is 1. The van der Waals surface area contributed by atoms with E-state index in [1.54, 1.807) is 6.26 Å². The number of aromatic amines is 2. The van der Waals surface area contributed by atoms with Gasteiger partial charge < -0.3 is 16.8 Å². The van der Waals surface area contributed by atoms with Crippen molar-refractivity contribution in [2.75, 3.05) is 0 Å². The van der Waals surface area contributed by atoms with E-state index >= 15 is 0 Å². The van der Waals surface area contributed by atoms with Crippen molar-refractivity contribution in [2.24, 2.45) is 0 Å². The number of hydrogen-bond acceptors (Lipinski definition) is 2. The largest absolute Gasteiger partial charge is 1.00 e. The van der Waals surface area contributed by atoms with Crippen LogP contribution in [0.15, 0.2) is 28.2 Å². The van der Waals surface area contributed by atoms with Gasteiger partial charge in [-0.05, 0) is 30.9 Å². The molecule has 0 bridgehead atoms. The zero-order valence-electron chi connectivity index (χ0n) is 10.4. The normalized spacial score (nSPS) is 12.7. The number of imidazole rings is 1. The minimum Gasteiger partial charge on any atom is -1.00 e. The van der Waals surface area contributed by atoms with Crippen LogP contribution in [0.4, 0.5) is 0 Å². The molecule has 2 N–H and O–H groups in total. The fraction of sp³-hybridized carbons (Fsp3) is 0.214. The van der Waals surface area contributed by atoms with E-state index in [9.17, 15) is 0 Å². The second kappa shape index (κ2) is 4.54. The lowest BCUT2D eigenvalue weighted by Gasteiger charge is -2.05. The highest BCUT2D eigenvalue weighted by Gasteiger charge is 2.28. The third-order valence-electron chi connectivity index (χ3n) is 3.53. The van der Waals surface area contributed by atoms with Gasteiger partial charge in [-0.2, -0.15) is 0 Å². The molecule has 19 heavy (non-hydrogen) atoms. The minimum absolute atomic E-state index is 0. The van der Waals surface area contributed by atoms with E-state index in [2.05, 4.69) is 28.3 Å². The molecular formula is C14H13ClN2OS. The summed E-state index contributed by atoms with van der Waals surface area (Å²) in [4.78, 5) is 8.41. The molecule has 3 aromatic rings. The summed E-state index contributed by atoms with van der Waals surface area (Å²) in [6.07, 6.45) is 3.93. The van der Waals surface area contributed by atoms with Crippen molar-refractivity contribution in [2.45, 2.75) is 19.8 Å². The summed E-state index contributed by atoms with van der Waals surface area (Å²) in [5.41, 5.74) is 5.00. The summed E-state index contributed by atoms with van der Waals surface area (Å²) in [6.45, 7) is 2.06. The zero-order valence-corrected chi connectivity index (χ0v) is 12.0. The van der Waals surface area contributed by atoms with Crippen LogP contribution in [-0.2, 0) is 12.8 Å². The van der Waals surface area contributed by atoms with Crippen LogP contribution in [0.5, 0.6) is 0 Å². The van der Waals surface area contributed by atoms with Crippen LogP contribution in [0.2, 0.25) is 0 Å². The second-order valence-electron chi connectivity index (χ2n) is 4.67. The zero-order chi connectivity index (χ0) is 12.1. The number of furan rings is 1. The van der Waals surface area contributed by atoms with Gasteiger partial charge in [-0.15, -0.1) is 11.3 Å². The lowest BCUT2D eigenvalue weighted by Crippen LogP contribution is -3.00. The van der Waals surface area contributed by atoms with E-state index in [-0.39, 0.29) is 12.4 Å². The van der Waals surface area contributed by atoms with Crippen molar-refractivity contribution < 1.29 is 21.8 Å². The third-order valence-corrected chi connectivity index (χ3v) is 4.51. The molecule has 5 heteroatoms. The average molecular weight is 293 g/mol. The van der Waals surface area contributed by atoms with Crippen molar-refractivity contribution >= 4 is 11.3 Å². The molecule has 98 valence electrons. The van der Waals surface area contributed by atoms with Gasteiger partial charge in [0.05, 0.1) is 6.26 Å². The van der Waals surface area contributed by atoms with Crippen molar-refractivity contribution in [3.8, 4) is 22.8 Å². The summed E-state index contributed by atoms with van der Waals surface area (Å²) in [5.74, 6) is 1.88. The van der Waals surface area contributed by atoms with Gasteiger partial charge in [-0.1, -0.05) is 0 Å². The van der Waals surface area contributed by atoms with Gasteiger partial charge in [0.15, 0.2) is 5.69 Å². The highest BCUT2D eigenvalue weighted by atomic mass is 35.5. The van der Waals surface area contributed by atoms with Crippen molar-refractivity contribution in [3.05, 3.63) is 39.9 Å². The first-order chi connectivity index (χ1) is 8.83. The number of aromatic nitrogens is 2. The Morgan fingerprint density at radius 3 is 3.00 bits per heavy atom. The van der Waals surface area contributed by atoms with Crippen LogP contribution in [-0.4, -0.2) is 4.98 Å². The van der Waals surface area contributed by atoms with Gasteiger partial charge in [-0.3, -0.25) is 0 Å². The predicted octanol–water partition coefficient (Wildman–Crippen LogP) is 0.228. The van der Waals surface area contributed by atoms with E-state index in [4.69, 9.17) is 4.42 Å². The lowest BCUT2D eigenvalue weighted by atomic mass is 10.0. The topological polar surface area (TPSA) is 43.1 Å². The minimum atomic E-state index is 0. The van der Waals surface area contributed by atoms with Gasteiger partial charge in [0.2, 0.25) is 5.76 Å². The van der Waals surface area contributed by atoms with Gasteiger partial charge in [0.1, 0.15) is 5.69 Å². The molecule has 3 heterocycles. The molecule has 4 rings (SSSR count). The maximum atomic E-state index is 5.54. The Balaban J connectivity index is 0.00000110. The summed E-state index contributed by atoms with van der Waals surface area (Å²) >= 11 is 1.84. The number of thiophene rings is 1. The van der Waals surface area contributed by atoms with Crippen molar-refractivity contribution in [1.82, 2.24) is 4.98 Å².